The summed E-state index contributed by atoms with van der Waals surface area (Å²) in [5.74, 6) is -0.658. The van der Waals surface area contributed by atoms with E-state index in [2.05, 4.69) is 10.6 Å². The van der Waals surface area contributed by atoms with Gasteiger partial charge in [-0.1, -0.05) is 0 Å². The van der Waals surface area contributed by atoms with E-state index in [9.17, 15) is 22.8 Å². The van der Waals surface area contributed by atoms with Crippen molar-refractivity contribution < 1.29 is 27.5 Å². The quantitative estimate of drug-likeness (QED) is 0.754. The number of urea groups is 1. The molecule has 10 heteroatoms. The van der Waals surface area contributed by atoms with Crippen molar-refractivity contribution in [1.82, 2.24) is 0 Å². The molecule has 1 aromatic heterocycles. The van der Waals surface area contributed by atoms with Crippen LogP contribution in [0.25, 0.3) is 0 Å². The number of amides is 3. The lowest BCUT2D eigenvalue weighted by molar-refractivity contribution is -0.137. The predicted molar refractivity (Wildman–Crippen MR) is 90.3 cm³/mol. The number of nitrogens with two attached hydrogens (primary N) is 1. The number of alkyl halides is 3. The number of fused-ring (bicyclic) bond motifs is 1. The van der Waals surface area contributed by atoms with E-state index in [0.29, 0.717) is 19.6 Å². The summed E-state index contributed by atoms with van der Waals surface area (Å²) >= 11 is 1.19. The van der Waals surface area contributed by atoms with Crippen molar-refractivity contribution >= 4 is 34.0 Å². The van der Waals surface area contributed by atoms with Gasteiger partial charge in [0.25, 0.3) is 5.91 Å². The molecule has 26 heavy (non-hydrogen) atoms. The minimum absolute atomic E-state index is 0.181. The fraction of sp³-hybridized carbons (Fsp3) is 0.250. The van der Waals surface area contributed by atoms with Crippen molar-refractivity contribution in [2.75, 3.05) is 17.2 Å². The van der Waals surface area contributed by atoms with Crippen LogP contribution in [0.3, 0.4) is 0 Å². The van der Waals surface area contributed by atoms with Crippen LogP contribution in [0.15, 0.2) is 24.3 Å². The number of nitrogens with one attached hydrogen (secondary N) is 2. The Hall–Kier alpha value is -2.59. The van der Waals surface area contributed by atoms with E-state index in [1.54, 1.807) is 0 Å². The number of benzene rings is 1. The number of halogens is 3. The molecule has 0 radical (unpaired) electrons. The van der Waals surface area contributed by atoms with Crippen molar-refractivity contribution in [3.8, 4) is 0 Å². The monoisotopic (exact) mass is 385 g/mol. The first kappa shape index (κ1) is 18.2. The Morgan fingerprint density at radius 3 is 2.46 bits per heavy atom. The molecule has 3 rings (SSSR count). The molecule has 3 amide bonds. The highest BCUT2D eigenvalue weighted by molar-refractivity contribution is 7.17. The van der Waals surface area contributed by atoms with Crippen LogP contribution in [0.5, 0.6) is 0 Å². The maximum absolute atomic E-state index is 12.5. The molecule has 138 valence electrons. The van der Waals surface area contributed by atoms with Crippen LogP contribution >= 0.6 is 11.3 Å². The highest BCUT2D eigenvalue weighted by Crippen LogP contribution is 2.36. The Morgan fingerprint density at radius 2 is 1.85 bits per heavy atom. The van der Waals surface area contributed by atoms with Crippen LogP contribution in [-0.2, 0) is 23.9 Å². The maximum atomic E-state index is 12.5. The standard InChI is InChI=1S/C16H14F3N3O3S/c17-16(18,19)8-1-3-9(4-2-8)21-15(24)22-14-12(13(20)23)10-5-6-25-7-11(10)26-14/h1-4H,5-7H2,(H2,20,23)(H2,21,22,24). The van der Waals surface area contributed by atoms with Gasteiger partial charge in [-0.05, 0) is 36.2 Å². The number of hydrogen-bond acceptors (Lipinski definition) is 4. The number of anilines is 2. The van der Waals surface area contributed by atoms with Gasteiger partial charge in [0.15, 0.2) is 0 Å². The molecular formula is C16H14F3N3O3S. The highest BCUT2D eigenvalue weighted by Gasteiger charge is 2.30. The summed E-state index contributed by atoms with van der Waals surface area (Å²) in [6.45, 7) is 0.795. The van der Waals surface area contributed by atoms with Crippen LogP contribution < -0.4 is 16.4 Å². The number of carbonyl (C=O) groups is 2. The van der Waals surface area contributed by atoms with Crippen molar-refractivity contribution in [3.63, 3.8) is 0 Å². The largest absolute Gasteiger partial charge is 0.416 e. The summed E-state index contributed by atoms with van der Waals surface area (Å²) in [7, 11) is 0. The second-order valence-corrected chi connectivity index (χ2v) is 6.63. The molecule has 0 aliphatic carbocycles. The zero-order valence-corrected chi connectivity index (χ0v) is 14.1. The fourth-order valence-electron chi connectivity index (χ4n) is 2.59. The summed E-state index contributed by atoms with van der Waals surface area (Å²) in [5.41, 5.74) is 5.79. The van der Waals surface area contributed by atoms with Crippen LogP contribution in [0.2, 0.25) is 0 Å². The molecule has 2 aromatic rings. The number of thiophene rings is 1. The van der Waals surface area contributed by atoms with Gasteiger partial charge in [-0.2, -0.15) is 13.2 Å². The number of ether oxygens (including phenoxy) is 1. The zero-order valence-electron chi connectivity index (χ0n) is 13.3. The molecule has 6 nitrogen and oxygen atoms in total. The van der Waals surface area contributed by atoms with Crippen molar-refractivity contribution in [2.24, 2.45) is 5.73 Å². The molecule has 1 aliphatic rings. The van der Waals surface area contributed by atoms with E-state index < -0.39 is 23.7 Å². The maximum Gasteiger partial charge on any atom is 0.416 e. The van der Waals surface area contributed by atoms with Gasteiger partial charge in [0.1, 0.15) is 5.00 Å². The summed E-state index contributed by atoms with van der Waals surface area (Å²) in [4.78, 5) is 24.7. The van der Waals surface area contributed by atoms with E-state index in [1.807, 2.05) is 0 Å². The Labute approximate surface area is 150 Å². The Morgan fingerprint density at radius 1 is 1.15 bits per heavy atom. The van der Waals surface area contributed by atoms with Crippen molar-refractivity contribution in [1.29, 1.82) is 0 Å². The van der Waals surface area contributed by atoms with E-state index >= 15 is 0 Å². The third kappa shape index (κ3) is 3.81. The molecule has 0 spiro atoms. The molecule has 4 N–H and O–H groups in total. The van der Waals surface area contributed by atoms with Gasteiger partial charge in [0.05, 0.1) is 24.3 Å². The fourth-order valence-corrected chi connectivity index (χ4v) is 3.77. The molecule has 1 aromatic carbocycles. The molecule has 2 heterocycles. The van der Waals surface area contributed by atoms with E-state index in [4.69, 9.17) is 10.5 Å². The lowest BCUT2D eigenvalue weighted by Crippen LogP contribution is -2.22. The first-order valence-electron chi connectivity index (χ1n) is 7.53. The molecule has 0 atom stereocenters. The normalized spacial score (nSPS) is 13.8. The van der Waals surface area contributed by atoms with Gasteiger partial charge >= 0.3 is 12.2 Å². The lowest BCUT2D eigenvalue weighted by atomic mass is 10.1. The molecular weight excluding hydrogens is 371 g/mol. The third-order valence-corrected chi connectivity index (χ3v) is 4.88. The van der Waals surface area contributed by atoms with Gasteiger partial charge in [-0.25, -0.2) is 4.79 Å². The second kappa shape index (κ2) is 6.96. The molecule has 0 unspecified atom stereocenters. The van der Waals surface area contributed by atoms with Gasteiger partial charge in [-0.3, -0.25) is 10.1 Å². The topological polar surface area (TPSA) is 93.5 Å². The van der Waals surface area contributed by atoms with Gasteiger partial charge in [0.2, 0.25) is 0 Å². The number of rotatable bonds is 3. The molecule has 0 saturated carbocycles. The Bertz CT molecular complexity index is 847. The van der Waals surface area contributed by atoms with Crippen LogP contribution in [0.4, 0.5) is 28.7 Å². The first-order chi connectivity index (χ1) is 12.3. The van der Waals surface area contributed by atoms with E-state index in [0.717, 1.165) is 34.7 Å². The number of hydrogen-bond donors (Lipinski definition) is 3. The average Bonchev–Trinajstić information content (AvgIpc) is 2.92. The minimum atomic E-state index is -4.45. The van der Waals surface area contributed by atoms with Crippen molar-refractivity contribution in [2.45, 2.75) is 19.2 Å². The van der Waals surface area contributed by atoms with E-state index in [-0.39, 0.29) is 16.3 Å². The third-order valence-electron chi connectivity index (χ3n) is 3.76. The molecule has 0 bridgehead atoms. The zero-order chi connectivity index (χ0) is 18.9. The SMILES string of the molecule is NC(=O)c1c(NC(=O)Nc2ccc(C(F)(F)F)cc2)sc2c1CCOC2. The van der Waals surface area contributed by atoms with E-state index in [1.165, 1.54) is 11.3 Å². The molecule has 0 saturated heterocycles. The predicted octanol–water partition coefficient (Wildman–Crippen LogP) is 3.58. The van der Waals surface area contributed by atoms with Gasteiger partial charge < -0.3 is 15.8 Å². The number of carbonyl (C=O) groups excluding carboxylic acids is 2. The Kier molecular flexibility index (Phi) is 4.88. The highest BCUT2D eigenvalue weighted by atomic mass is 32.1. The van der Waals surface area contributed by atoms with Crippen LogP contribution in [0, 0.1) is 0 Å². The smallest absolute Gasteiger partial charge is 0.376 e. The first-order valence-corrected chi connectivity index (χ1v) is 8.34. The van der Waals surface area contributed by atoms with Crippen LogP contribution in [-0.4, -0.2) is 18.5 Å². The Balaban J connectivity index is 1.74. The minimum Gasteiger partial charge on any atom is -0.376 e. The second-order valence-electron chi connectivity index (χ2n) is 5.53. The molecule has 0 fully saturated rings. The number of primary amides is 1. The summed E-state index contributed by atoms with van der Waals surface area (Å²) in [5, 5.41) is 5.24. The molecule has 1 aliphatic heterocycles. The summed E-state index contributed by atoms with van der Waals surface area (Å²) in [6.07, 6.45) is -3.93. The average molecular weight is 385 g/mol. The lowest BCUT2D eigenvalue weighted by Gasteiger charge is -2.12. The van der Waals surface area contributed by atoms with Crippen molar-refractivity contribution in [3.05, 3.63) is 45.8 Å². The van der Waals surface area contributed by atoms with Crippen LogP contribution in [0.1, 0.15) is 26.4 Å². The van der Waals surface area contributed by atoms with Gasteiger partial charge in [0, 0.05) is 10.6 Å². The summed E-state index contributed by atoms with van der Waals surface area (Å²) in [6, 6.07) is 3.33. The van der Waals surface area contributed by atoms with Gasteiger partial charge in [-0.15, -0.1) is 11.3 Å². The summed E-state index contributed by atoms with van der Waals surface area (Å²) < 4.78 is 43.0.